The highest BCUT2D eigenvalue weighted by molar-refractivity contribution is 7.92. The predicted octanol–water partition coefficient (Wildman–Crippen LogP) is 4.86. The van der Waals surface area contributed by atoms with Crippen molar-refractivity contribution in [3.63, 3.8) is 0 Å². The molecule has 172 valence electrons. The SMILES string of the molecule is CC(C)(C)NCc1cccc(F)c1CNc1cc(F)c(S(=O)(=O)Nc2cscn2)c(F)c1. The van der Waals surface area contributed by atoms with E-state index in [1.54, 1.807) is 12.1 Å². The van der Waals surface area contributed by atoms with Crippen molar-refractivity contribution >= 4 is 32.9 Å². The van der Waals surface area contributed by atoms with Crippen LogP contribution in [0.1, 0.15) is 31.9 Å². The molecule has 0 aliphatic heterocycles. The highest BCUT2D eigenvalue weighted by Gasteiger charge is 2.26. The molecule has 3 rings (SSSR count). The van der Waals surface area contributed by atoms with Gasteiger partial charge in [-0.05, 0) is 44.5 Å². The molecule has 11 heteroatoms. The second-order valence-electron chi connectivity index (χ2n) is 8.08. The lowest BCUT2D eigenvalue weighted by molar-refractivity contribution is 0.422. The maximum absolute atomic E-state index is 14.6. The molecular formula is C21H23F3N4O2S2. The van der Waals surface area contributed by atoms with Crippen LogP contribution in [0.5, 0.6) is 0 Å². The summed E-state index contributed by atoms with van der Waals surface area (Å²) >= 11 is 1.13. The molecule has 0 saturated carbocycles. The van der Waals surface area contributed by atoms with Gasteiger partial charge in [0.2, 0.25) is 0 Å². The molecule has 0 aliphatic carbocycles. The van der Waals surface area contributed by atoms with Gasteiger partial charge in [0.05, 0.1) is 5.51 Å². The van der Waals surface area contributed by atoms with Crippen LogP contribution >= 0.6 is 11.3 Å². The Bertz CT molecular complexity index is 1170. The summed E-state index contributed by atoms with van der Waals surface area (Å²) in [6.45, 7) is 6.30. The normalized spacial score (nSPS) is 12.1. The van der Waals surface area contributed by atoms with Crippen molar-refractivity contribution in [2.45, 2.75) is 44.3 Å². The van der Waals surface area contributed by atoms with E-state index in [1.165, 1.54) is 17.0 Å². The molecule has 1 aromatic heterocycles. The van der Waals surface area contributed by atoms with Gasteiger partial charge >= 0.3 is 0 Å². The van der Waals surface area contributed by atoms with Gasteiger partial charge in [-0.15, -0.1) is 11.3 Å². The van der Waals surface area contributed by atoms with Crippen molar-refractivity contribution < 1.29 is 21.6 Å². The maximum atomic E-state index is 14.6. The van der Waals surface area contributed by atoms with Gasteiger partial charge in [0, 0.05) is 35.3 Å². The number of halogens is 3. The van der Waals surface area contributed by atoms with E-state index in [9.17, 15) is 21.6 Å². The van der Waals surface area contributed by atoms with Gasteiger partial charge in [-0.3, -0.25) is 4.72 Å². The third-order valence-corrected chi connectivity index (χ3v) is 6.42. The molecule has 0 fully saturated rings. The lowest BCUT2D eigenvalue weighted by Crippen LogP contribution is -2.35. The summed E-state index contributed by atoms with van der Waals surface area (Å²) in [5.74, 6) is -3.05. The van der Waals surface area contributed by atoms with Crippen LogP contribution in [0.4, 0.5) is 24.7 Å². The van der Waals surface area contributed by atoms with E-state index in [1.807, 2.05) is 25.5 Å². The van der Waals surface area contributed by atoms with Crippen LogP contribution < -0.4 is 15.4 Å². The summed E-state index contributed by atoms with van der Waals surface area (Å²) in [6.07, 6.45) is 0. The minimum Gasteiger partial charge on any atom is -0.381 e. The summed E-state index contributed by atoms with van der Waals surface area (Å²) < 4.78 is 70.3. The minimum atomic E-state index is -4.52. The number of rotatable bonds is 8. The number of hydrogen-bond donors (Lipinski definition) is 3. The Morgan fingerprint density at radius 2 is 1.72 bits per heavy atom. The molecule has 3 aromatic rings. The number of anilines is 2. The quantitative estimate of drug-likeness (QED) is 0.425. The van der Waals surface area contributed by atoms with Crippen molar-refractivity contribution in [3.05, 3.63) is 69.8 Å². The van der Waals surface area contributed by atoms with Gasteiger partial charge in [0.25, 0.3) is 10.0 Å². The molecule has 0 unspecified atom stereocenters. The molecule has 0 radical (unpaired) electrons. The summed E-state index contributed by atoms with van der Waals surface area (Å²) in [5, 5.41) is 7.44. The van der Waals surface area contributed by atoms with Crippen LogP contribution in [0, 0.1) is 17.5 Å². The van der Waals surface area contributed by atoms with Gasteiger partial charge in [0.1, 0.15) is 17.5 Å². The third-order valence-electron chi connectivity index (χ3n) is 4.43. The fourth-order valence-corrected chi connectivity index (χ4v) is 4.57. The standard InChI is InChI=1S/C21H23F3N4O2S2/c1-21(2,3)27-9-13-5-4-6-16(22)15(13)10-25-14-7-17(23)20(18(24)8-14)32(29,30)28-19-11-31-12-26-19/h4-8,11-12,25,27-28H,9-10H2,1-3H3. The summed E-state index contributed by atoms with van der Waals surface area (Å²) in [4.78, 5) is 2.63. The second-order valence-corrected chi connectivity index (χ2v) is 10.4. The Labute approximate surface area is 189 Å². The topological polar surface area (TPSA) is 83.1 Å². The molecule has 32 heavy (non-hydrogen) atoms. The first-order valence-corrected chi connectivity index (χ1v) is 12.0. The van der Waals surface area contributed by atoms with Crippen LogP contribution in [0.25, 0.3) is 0 Å². The summed E-state index contributed by atoms with van der Waals surface area (Å²) in [7, 11) is -4.52. The highest BCUT2D eigenvalue weighted by Crippen LogP contribution is 2.26. The van der Waals surface area contributed by atoms with Crippen molar-refractivity contribution in [3.8, 4) is 0 Å². The molecular weight excluding hydrogens is 461 g/mol. The van der Waals surface area contributed by atoms with E-state index in [0.29, 0.717) is 17.7 Å². The number of aromatic nitrogens is 1. The zero-order valence-electron chi connectivity index (χ0n) is 17.7. The van der Waals surface area contributed by atoms with Gasteiger partial charge in [-0.2, -0.15) is 0 Å². The summed E-state index contributed by atoms with van der Waals surface area (Å²) in [6, 6.07) is 6.37. The Morgan fingerprint density at radius 1 is 1.03 bits per heavy atom. The molecule has 0 atom stereocenters. The molecule has 0 bridgehead atoms. The van der Waals surface area contributed by atoms with E-state index < -0.39 is 32.4 Å². The predicted molar refractivity (Wildman–Crippen MR) is 120 cm³/mol. The van der Waals surface area contributed by atoms with Gasteiger partial charge < -0.3 is 10.6 Å². The van der Waals surface area contributed by atoms with Crippen LogP contribution in [0.3, 0.4) is 0 Å². The number of hydrogen-bond acceptors (Lipinski definition) is 6. The van der Waals surface area contributed by atoms with Crippen molar-refractivity contribution in [2.24, 2.45) is 0 Å². The monoisotopic (exact) mass is 484 g/mol. The van der Waals surface area contributed by atoms with Crippen molar-refractivity contribution in [2.75, 3.05) is 10.0 Å². The fraction of sp³-hybridized carbons (Fsp3) is 0.286. The van der Waals surface area contributed by atoms with Crippen LogP contribution in [0.15, 0.2) is 46.1 Å². The Hall–Kier alpha value is -2.63. The number of benzene rings is 2. The molecule has 1 heterocycles. The van der Waals surface area contributed by atoms with Crippen LogP contribution in [-0.4, -0.2) is 18.9 Å². The molecule has 0 aliphatic rings. The number of nitrogens with zero attached hydrogens (tertiary/aromatic N) is 1. The lowest BCUT2D eigenvalue weighted by Gasteiger charge is -2.22. The van der Waals surface area contributed by atoms with E-state index in [4.69, 9.17) is 0 Å². The molecule has 3 N–H and O–H groups in total. The second kappa shape index (κ2) is 9.47. The van der Waals surface area contributed by atoms with Crippen LogP contribution in [0.2, 0.25) is 0 Å². The van der Waals surface area contributed by atoms with Crippen molar-refractivity contribution in [1.82, 2.24) is 10.3 Å². The molecule has 2 aromatic carbocycles. The molecule has 0 saturated heterocycles. The minimum absolute atomic E-state index is 0.0226. The molecule has 0 amide bonds. The first-order chi connectivity index (χ1) is 15.0. The first kappa shape index (κ1) is 24.0. The van der Waals surface area contributed by atoms with Crippen molar-refractivity contribution in [1.29, 1.82) is 0 Å². The largest absolute Gasteiger partial charge is 0.381 e. The van der Waals surface area contributed by atoms with E-state index >= 15 is 0 Å². The molecule has 6 nitrogen and oxygen atoms in total. The zero-order valence-corrected chi connectivity index (χ0v) is 19.3. The number of nitrogens with one attached hydrogen (secondary N) is 3. The van der Waals surface area contributed by atoms with Gasteiger partial charge in [-0.25, -0.2) is 26.6 Å². The first-order valence-electron chi connectivity index (χ1n) is 9.61. The van der Waals surface area contributed by atoms with E-state index in [-0.39, 0.29) is 23.6 Å². The Morgan fingerprint density at radius 3 is 2.31 bits per heavy atom. The smallest absolute Gasteiger partial charge is 0.268 e. The van der Waals surface area contributed by atoms with E-state index in [2.05, 4.69) is 15.6 Å². The average Bonchev–Trinajstić information content (AvgIpc) is 3.16. The highest BCUT2D eigenvalue weighted by atomic mass is 32.2. The number of sulfonamides is 1. The fourth-order valence-electron chi connectivity index (χ4n) is 2.89. The average molecular weight is 485 g/mol. The Balaban J connectivity index is 1.80. The maximum Gasteiger partial charge on any atom is 0.268 e. The molecule has 0 spiro atoms. The van der Waals surface area contributed by atoms with Gasteiger partial charge in [0.15, 0.2) is 10.7 Å². The number of thiazole rings is 1. The van der Waals surface area contributed by atoms with Gasteiger partial charge in [-0.1, -0.05) is 12.1 Å². The Kier molecular flexibility index (Phi) is 7.11. The third kappa shape index (κ3) is 5.99. The zero-order chi connectivity index (χ0) is 23.5. The van der Waals surface area contributed by atoms with Crippen LogP contribution in [-0.2, 0) is 23.1 Å². The summed E-state index contributed by atoms with van der Waals surface area (Å²) in [5.41, 5.74) is 2.21. The lowest BCUT2D eigenvalue weighted by atomic mass is 10.0. The van der Waals surface area contributed by atoms with E-state index in [0.717, 1.165) is 23.5 Å².